The van der Waals surface area contributed by atoms with E-state index in [0.717, 1.165) is 12.2 Å². The summed E-state index contributed by atoms with van der Waals surface area (Å²) in [5.41, 5.74) is -2.14. The minimum absolute atomic E-state index is 0. The Labute approximate surface area is 157 Å². The van der Waals surface area contributed by atoms with Crippen molar-refractivity contribution in [2.45, 2.75) is 24.8 Å². The van der Waals surface area contributed by atoms with Gasteiger partial charge in [-0.15, -0.1) is 0 Å². The average molecular weight is 376 g/mol. The first-order valence-electron chi connectivity index (χ1n) is 6.73. The normalized spacial score (nSPS) is 12.0. The number of hydrogen-bond acceptors (Lipinski definition) is 4. The SMILES string of the molecule is O=P(O)(O)C(NCCCCCOc1ccccc1)P(=O)(O)O.[Na]. The second kappa shape index (κ2) is 11.0. The third-order valence-corrected chi connectivity index (χ3v) is 6.24. The van der Waals surface area contributed by atoms with E-state index >= 15 is 0 Å². The third-order valence-electron chi connectivity index (χ3n) is 2.80. The van der Waals surface area contributed by atoms with Crippen LogP contribution >= 0.6 is 15.2 Å². The van der Waals surface area contributed by atoms with Crippen LogP contribution in [0.1, 0.15) is 19.3 Å². The first-order chi connectivity index (χ1) is 10.2. The first kappa shape index (κ1) is 23.3. The van der Waals surface area contributed by atoms with E-state index in [-0.39, 0.29) is 36.1 Å². The van der Waals surface area contributed by atoms with Crippen molar-refractivity contribution in [3.8, 4) is 5.75 Å². The Morgan fingerprint density at radius 2 is 1.52 bits per heavy atom. The maximum atomic E-state index is 11.0. The second-order valence-electron chi connectivity index (χ2n) is 4.73. The van der Waals surface area contributed by atoms with Gasteiger partial charge in [0.2, 0.25) is 5.52 Å². The van der Waals surface area contributed by atoms with Crippen molar-refractivity contribution in [1.29, 1.82) is 0 Å². The molecule has 23 heavy (non-hydrogen) atoms. The number of unbranched alkanes of at least 4 members (excludes halogenated alkanes) is 2. The molecule has 11 heteroatoms. The Morgan fingerprint density at radius 1 is 0.957 bits per heavy atom. The van der Waals surface area contributed by atoms with Gasteiger partial charge in [0.15, 0.2) is 0 Å². The zero-order valence-electron chi connectivity index (χ0n) is 12.9. The molecule has 0 amide bonds. The fourth-order valence-corrected chi connectivity index (χ4v) is 4.08. The van der Waals surface area contributed by atoms with Crippen molar-refractivity contribution in [3.63, 3.8) is 0 Å². The zero-order valence-corrected chi connectivity index (χ0v) is 16.7. The van der Waals surface area contributed by atoms with E-state index in [2.05, 4.69) is 5.32 Å². The number of hydrogen-bond donors (Lipinski definition) is 5. The van der Waals surface area contributed by atoms with Gasteiger partial charge in [0.05, 0.1) is 6.61 Å². The predicted octanol–water partition coefficient (Wildman–Crippen LogP) is 1.08. The molecular weight excluding hydrogens is 355 g/mol. The van der Waals surface area contributed by atoms with Gasteiger partial charge in [-0.25, -0.2) is 0 Å². The Balaban J connectivity index is 0.00000484. The maximum absolute atomic E-state index is 11.0. The molecule has 8 nitrogen and oxygen atoms in total. The van der Waals surface area contributed by atoms with Gasteiger partial charge in [-0.1, -0.05) is 18.2 Å². The van der Waals surface area contributed by atoms with E-state index in [4.69, 9.17) is 24.3 Å². The monoisotopic (exact) mass is 376 g/mol. The van der Waals surface area contributed by atoms with Crippen molar-refractivity contribution >= 4 is 44.7 Å². The Morgan fingerprint density at radius 3 is 2.04 bits per heavy atom. The van der Waals surface area contributed by atoms with Gasteiger partial charge in [-0.05, 0) is 37.9 Å². The smallest absolute Gasteiger partial charge is 0.354 e. The third kappa shape index (κ3) is 9.99. The van der Waals surface area contributed by atoms with Gasteiger partial charge in [-0.2, -0.15) is 0 Å². The summed E-state index contributed by atoms with van der Waals surface area (Å²) in [7, 11) is -9.80. The van der Waals surface area contributed by atoms with E-state index in [9.17, 15) is 9.13 Å². The van der Waals surface area contributed by atoms with Crippen LogP contribution in [-0.2, 0) is 9.13 Å². The number of para-hydroxylation sites is 1. The van der Waals surface area contributed by atoms with Crippen LogP contribution in [0, 0.1) is 0 Å². The molecule has 1 radical (unpaired) electrons. The van der Waals surface area contributed by atoms with Gasteiger partial charge < -0.3 is 24.3 Å². The van der Waals surface area contributed by atoms with E-state index in [0.29, 0.717) is 19.4 Å². The van der Waals surface area contributed by atoms with Crippen LogP contribution in [0.2, 0.25) is 0 Å². The van der Waals surface area contributed by atoms with Gasteiger partial charge in [0.1, 0.15) is 5.75 Å². The van der Waals surface area contributed by atoms with Gasteiger partial charge >= 0.3 is 15.2 Å². The number of ether oxygens (including phenoxy) is 1. The molecule has 0 saturated heterocycles. The van der Waals surface area contributed by atoms with E-state index < -0.39 is 20.7 Å². The molecule has 0 aromatic heterocycles. The Kier molecular flexibility index (Phi) is 11.1. The largest absolute Gasteiger partial charge is 0.494 e. The summed E-state index contributed by atoms with van der Waals surface area (Å²) in [6, 6.07) is 9.29. The van der Waals surface area contributed by atoms with Crippen molar-refractivity contribution in [3.05, 3.63) is 30.3 Å². The molecule has 0 heterocycles. The van der Waals surface area contributed by atoms with E-state index in [1.54, 1.807) is 0 Å². The molecule has 0 unspecified atom stereocenters. The summed E-state index contributed by atoms with van der Waals surface area (Å²) in [6.07, 6.45) is 1.95. The summed E-state index contributed by atoms with van der Waals surface area (Å²) in [4.78, 5) is 35.7. The number of nitrogens with one attached hydrogen (secondary N) is 1. The number of rotatable bonds is 10. The molecule has 1 aromatic carbocycles. The van der Waals surface area contributed by atoms with Crippen LogP contribution in [0.15, 0.2) is 30.3 Å². The molecule has 0 aliphatic rings. The predicted molar refractivity (Wildman–Crippen MR) is 87.4 cm³/mol. The second-order valence-corrected chi connectivity index (χ2v) is 8.52. The molecule has 0 aliphatic heterocycles. The molecule has 0 atom stereocenters. The van der Waals surface area contributed by atoms with Gasteiger partial charge in [-0.3, -0.25) is 14.4 Å². The van der Waals surface area contributed by atoms with Crippen molar-refractivity contribution in [2.24, 2.45) is 0 Å². The van der Waals surface area contributed by atoms with Crippen LogP contribution in [-0.4, -0.2) is 67.8 Å². The van der Waals surface area contributed by atoms with Gasteiger partial charge in [0.25, 0.3) is 0 Å². The van der Waals surface area contributed by atoms with Crippen LogP contribution in [0.4, 0.5) is 0 Å². The molecule has 0 saturated carbocycles. The first-order valence-corrected chi connectivity index (χ1v) is 10.1. The van der Waals surface area contributed by atoms with Crippen LogP contribution in [0.25, 0.3) is 0 Å². The molecular formula is C12H21NNaO7P2. The average Bonchev–Trinajstić information content (AvgIpc) is 2.40. The molecule has 0 bridgehead atoms. The Hall–Kier alpha value is 0.280. The summed E-state index contributed by atoms with van der Waals surface area (Å²) in [6.45, 7) is 0.608. The van der Waals surface area contributed by atoms with E-state index in [1.807, 2.05) is 30.3 Å². The maximum Gasteiger partial charge on any atom is 0.354 e. The quantitative estimate of drug-likeness (QED) is 0.233. The molecule has 0 fully saturated rings. The van der Waals surface area contributed by atoms with Crippen molar-refractivity contribution in [2.75, 3.05) is 13.2 Å². The van der Waals surface area contributed by atoms with Crippen LogP contribution in [0.3, 0.4) is 0 Å². The van der Waals surface area contributed by atoms with Gasteiger partial charge in [0, 0.05) is 29.6 Å². The summed E-state index contributed by atoms with van der Waals surface area (Å²) in [5.74, 6) is 0.767. The zero-order chi connectivity index (χ0) is 16.6. The molecule has 0 aliphatic carbocycles. The van der Waals surface area contributed by atoms with Crippen LogP contribution in [0.5, 0.6) is 5.75 Å². The molecule has 127 valence electrons. The fourth-order valence-electron chi connectivity index (χ4n) is 1.78. The molecule has 1 rings (SSSR count). The molecule has 5 N–H and O–H groups in total. The summed E-state index contributed by atoms with van der Waals surface area (Å²) < 4.78 is 27.5. The molecule has 1 aromatic rings. The van der Waals surface area contributed by atoms with E-state index in [1.165, 1.54) is 0 Å². The standard InChI is InChI=1S/C12H21NO7P2.Na/c14-21(15,16)12(22(17,18)19)13-9-5-2-6-10-20-11-7-3-1-4-8-11;/h1,3-4,7-8,12-13H,2,5-6,9-10H2,(H2,14,15,16)(H2,17,18,19);. The minimum Gasteiger partial charge on any atom is -0.494 e. The fraction of sp³-hybridized carbons (Fsp3) is 0.500. The minimum atomic E-state index is -4.90. The summed E-state index contributed by atoms with van der Waals surface area (Å²) >= 11 is 0. The summed E-state index contributed by atoms with van der Waals surface area (Å²) in [5, 5.41) is 2.24. The van der Waals surface area contributed by atoms with Crippen LogP contribution < -0.4 is 10.1 Å². The Bertz CT molecular complexity index is 511. The number of benzene rings is 1. The van der Waals surface area contributed by atoms with Crippen molar-refractivity contribution in [1.82, 2.24) is 5.32 Å². The molecule has 0 spiro atoms. The van der Waals surface area contributed by atoms with Crippen molar-refractivity contribution < 1.29 is 33.4 Å². The topological polar surface area (TPSA) is 136 Å².